The van der Waals surface area contributed by atoms with Gasteiger partial charge < -0.3 is 9.88 Å². The van der Waals surface area contributed by atoms with Gasteiger partial charge in [-0.05, 0) is 105 Å². The molecule has 0 atom stereocenters. The molecule has 3 aromatic rings. The van der Waals surface area contributed by atoms with E-state index in [1.807, 2.05) is 24.5 Å². The van der Waals surface area contributed by atoms with E-state index in [2.05, 4.69) is 40.2 Å². The summed E-state index contributed by atoms with van der Waals surface area (Å²) in [6.45, 7) is 2.46. The van der Waals surface area contributed by atoms with E-state index in [9.17, 15) is 4.39 Å². The van der Waals surface area contributed by atoms with Crippen molar-refractivity contribution in [3.63, 3.8) is 0 Å². The van der Waals surface area contributed by atoms with E-state index in [0.717, 1.165) is 29.2 Å². The number of nitrogens with zero attached hydrogens (tertiary/aromatic N) is 2. The number of H-pyrrole nitrogens is 1. The largest absolute Gasteiger partial charge is 0.360 e. The number of halogens is 1. The van der Waals surface area contributed by atoms with Crippen LogP contribution in [-0.4, -0.2) is 35.0 Å². The van der Waals surface area contributed by atoms with E-state index >= 15 is 0 Å². The molecule has 0 radical (unpaired) electrons. The molecule has 146 valence electrons. The van der Waals surface area contributed by atoms with E-state index in [1.54, 1.807) is 0 Å². The molecule has 1 aromatic carbocycles. The number of nitrogens with one attached hydrogen (secondary N) is 1. The van der Waals surface area contributed by atoms with Gasteiger partial charge in [0.05, 0.1) is 5.69 Å². The highest BCUT2D eigenvalue weighted by Gasteiger charge is 2.18. The molecule has 0 spiro atoms. The lowest BCUT2D eigenvalue weighted by Gasteiger charge is -2.28. The summed E-state index contributed by atoms with van der Waals surface area (Å²) in [6.07, 6.45) is 12.0. The molecule has 1 aliphatic rings. The average molecular weight is 378 g/mol. The summed E-state index contributed by atoms with van der Waals surface area (Å²) in [4.78, 5) is 10.0. The first-order valence-corrected chi connectivity index (χ1v) is 10.3. The molecule has 0 amide bonds. The number of aryl methyl sites for hydroxylation is 1. The van der Waals surface area contributed by atoms with Gasteiger partial charge in [0, 0.05) is 24.2 Å². The van der Waals surface area contributed by atoms with E-state index in [0.29, 0.717) is 0 Å². The maximum Gasteiger partial charge on any atom is 0.123 e. The van der Waals surface area contributed by atoms with Crippen molar-refractivity contribution in [2.45, 2.75) is 32.1 Å². The van der Waals surface area contributed by atoms with E-state index in [4.69, 9.17) is 0 Å². The lowest BCUT2D eigenvalue weighted by Crippen LogP contribution is -2.30. The lowest BCUT2D eigenvalue weighted by molar-refractivity contribution is 0.210. The summed E-state index contributed by atoms with van der Waals surface area (Å²) in [6, 6.07) is 10.8. The Labute approximate surface area is 166 Å². The zero-order chi connectivity index (χ0) is 19.3. The standard InChI is InChI=1S/C24H28FN3/c1-28-15-11-18(12-16-28)3-2-4-21-17-27-24(20-5-7-22(25)8-6-20)23(21)19-9-13-26-14-10-19/h5-10,13-14,17-18,27H,2-4,11-12,15-16H2,1H3. The topological polar surface area (TPSA) is 31.9 Å². The van der Waals surface area contributed by atoms with Crippen molar-refractivity contribution in [2.75, 3.05) is 20.1 Å². The molecule has 0 saturated carbocycles. The summed E-state index contributed by atoms with van der Waals surface area (Å²) in [5, 5.41) is 0. The molecule has 1 N–H and O–H groups in total. The molecule has 0 unspecified atom stereocenters. The predicted octanol–water partition coefficient (Wildman–Crippen LogP) is 5.55. The van der Waals surface area contributed by atoms with Crippen molar-refractivity contribution in [2.24, 2.45) is 5.92 Å². The number of likely N-dealkylation sites (tertiary alicyclic amines) is 1. The maximum atomic E-state index is 13.4. The Morgan fingerprint density at radius 1 is 1.04 bits per heavy atom. The highest BCUT2D eigenvalue weighted by Crippen LogP contribution is 2.35. The number of benzene rings is 1. The van der Waals surface area contributed by atoms with Gasteiger partial charge in [-0.1, -0.05) is 6.42 Å². The monoisotopic (exact) mass is 377 g/mol. The Bertz CT molecular complexity index is 878. The molecule has 3 heterocycles. The highest BCUT2D eigenvalue weighted by molar-refractivity contribution is 5.83. The second-order valence-electron chi connectivity index (χ2n) is 7.95. The minimum absolute atomic E-state index is 0.209. The summed E-state index contributed by atoms with van der Waals surface area (Å²) >= 11 is 0. The smallest absolute Gasteiger partial charge is 0.123 e. The molecule has 28 heavy (non-hydrogen) atoms. The number of piperidine rings is 1. The Balaban J connectivity index is 1.54. The lowest BCUT2D eigenvalue weighted by atomic mass is 9.90. The first-order valence-electron chi connectivity index (χ1n) is 10.3. The molecule has 0 aliphatic carbocycles. The number of rotatable bonds is 6. The van der Waals surface area contributed by atoms with Crippen LogP contribution < -0.4 is 0 Å². The van der Waals surface area contributed by atoms with Crippen LogP contribution in [0.25, 0.3) is 22.4 Å². The fourth-order valence-corrected chi connectivity index (χ4v) is 4.29. The zero-order valence-electron chi connectivity index (χ0n) is 16.5. The summed E-state index contributed by atoms with van der Waals surface area (Å²) in [5.41, 5.74) is 5.77. The summed E-state index contributed by atoms with van der Waals surface area (Å²) in [5.74, 6) is 0.648. The van der Waals surface area contributed by atoms with Crippen LogP contribution in [0.5, 0.6) is 0 Å². The molecule has 1 aliphatic heterocycles. The molecular weight excluding hydrogens is 349 g/mol. The molecule has 2 aromatic heterocycles. The van der Waals surface area contributed by atoms with Gasteiger partial charge in [-0.2, -0.15) is 0 Å². The van der Waals surface area contributed by atoms with Crippen LogP contribution in [0, 0.1) is 11.7 Å². The molecule has 1 fully saturated rings. The van der Waals surface area contributed by atoms with Gasteiger partial charge in [0.2, 0.25) is 0 Å². The van der Waals surface area contributed by atoms with Crippen LogP contribution in [0.1, 0.15) is 31.2 Å². The fourth-order valence-electron chi connectivity index (χ4n) is 4.29. The normalized spacial score (nSPS) is 15.8. The molecule has 4 rings (SSSR count). The summed E-state index contributed by atoms with van der Waals surface area (Å²) < 4.78 is 13.4. The Morgan fingerprint density at radius 2 is 1.75 bits per heavy atom. The Hall–Kier alpha value is -2.46. The van der Waals surface area contributed by atoms with Crippen molar-refractivity contribution in [3.05, 3.63) is 66.4 Å². The van der Waals surface area contributed by atoms with E-state index in [1.165, 1.54) is 62.0 Å². The van der Waals surface area contributed by atoms with E-state index in [-0.39, 0.29) is 5.82 Å². The summed E-state index contributed by atoms with van der Waals surface area (Å²) in [7, 11) is 2.22. The average Bonchev–Trinajstić information content (AvgIpc) is 3.14. The number of aromatic amines is 1. The van der Waals surface area contributed by atoms with Gasteiger partial charge >= 0.3 is 0 Å². The third-order valence-corrected chi connectivity index (χ3v) is 5.96. The molecule has 3 nitrogen and oxygen atoms in total. The second-order valence-corrected chi connectivity index (χ2v) is 7.95. The van der Waals surface area contributed by atoms with Gasteiger partial charge in [-0.3, -0.25) is 4.98 Å². The van der Waals surface area contributed by atoms with Crippen molar-refractivity contribution in [3.8, 4) is 22.4 Å². The first-order chi connectivity index (χ1) is 13.7. The maximum absolute atomic E-state index is 13.4. The highest BCUT2D eigenvalue weighted by atomic mass is 19.1. The van der Waals surface area contributed by atoms with E-state index < -0.39 is 0 Å². The number of pyridine rings is 1. The molecule has 4 heteroatoms. The van der Waals surface area contributed by atoms with Crippen molar-refractivity contribution < 1.29 is 4.39 Å². The number of hydrogen-bond acceptors (Lipinski definition) is 2. The van der Waals surface area contributed by atoms with Gasteiger partial charge in [-0.25, -0.2) is 4.39 Å². The third kappa shape index (κ3) is 4.33. The van der Waals surface area contributed by atoms with Crippen molar-refractivity contribution in [1.82, 2.24) is 14.9 Å². The van der Waals surface area contributed by atoms with Crippen molar-refractivity contribution in [1.29, 1.82) is 0 Å². The van der Waals surface area contributed by atoms with Gasteiger partial charge in [0.25, 0.3) is 0 Å². The zero-order valence-corrected chi connectivity index (χ0v) is 16.5. The van der Waals surface area contributed by atoms with Crippen LogP contribution in [0.3, 0.4) is 0 Å². The quantitative estimate of drug-likeness (QED) is 0.611. The van der Waals surface area contributed by atoms with Crippen LogP contribution in [0.2, 0.25) is 0 Å². The van der Waals surface area contributed by atoms with Gasteiger partial charge in [-0.15, -0.1) is 0 Å². The van der Waals surface area contributed by atoms with Crippen LogP contribution in [0.4, 0.5) is 4.39 Å². The minimum atomic E-state index is -0.209. The third-order valence-electron chi connectivity index (χ3n) is 5.96. The van der Waals surface area contributed by atoms with Crippen molar-refractivity contribution >= 4 is 0 Å². The molecular formula is C24H28FN3. The van der Waals surface area contributed by atoms with Crippen LogP contribution in [0.15, 0.2) is 55.0 Å². The number of aromatic nitrogens is 2. The predicted molar refractivity (Wildman–Crippen MR) is 113 cm³/mol. The Kier molecular flexibility index (Phi) is 5.87. The van der Waals surface area contributed by atoms with Crippen LogP contribution in [-0.2, 0) is 6.42 Å². The van der Waals surface area contributed by atoms with Gasteiger partial charge in [0.15, 0.2) is 0 Å². The van der Waals surface area contributed by atoms with Crippen LogP contribution >= 0.6 is 0 Å². The molecule has 0 bridgehead atoms. The Morgan fingerprint density at radius 3 is 2.46 bits per heavy atom. The SMILES string of the molecule is CN1CCC(CCCc2c[nH]c(-c3ccc(F)cc3)c2-c2ccncc2)CC1. The fraction of sp³-hybridized carbons (Fsp3) is 0.375. The number of hydrogen-bond donors (Lipinski definition) is 1. The first kappa shape index (κ1) is 18.9. The van der Waals surface area contributed by atoms with Gasteiger partial charge in [0.1, 0.15) is 5.82 Å². The minimum Gasteiger partial charge on any atom is -0.360 e. The second kappa shape index (κ2) is 8.70. The molecule has 1 saturated heterocycles.